The summed E-state index contributed by atoms with van der Waals surface area (Å²) >= 11 is 0. The second-order valence-electron chi connectivity index (χ2n) is 6.54. The quantitative estimate of drug-likeness (QED) is 0.903. The van der Waals surface area contributed by atoms with Crippen molar-refractivity contribution < 1.29 is 0 Å². The maximum Gasteiger partial charge on any atom is 0.00756 e. The topological polar surface area (TPSA) is 29.3 Å². The van der Waals surface area contributed by atoms with Crippen LogP contribution in [0.2, 0.25) is 0 Å². The van der Waals surface area contributed by atoms with Crippen molar-refractivity contribution in [3.8, 4) is 0 Å². The summed E-state index contributed by atoms with van der Waals surface area (Å²) in [6, 6.07) is 9.33. The van der Waals surface area contributed by atoms with Gasteiger partial charge in [0.2, 0.25) is 0 Å². The Bertz CT molecular complexity index is 423. The maximum atomic E-state index is 6.04. The van der Waals surface area contributed by atoms with Crippen LogP contribution in [-0.2, 0) is 5.41 Å². The van der Waals surface area contributed by atoms with Crippen molar-refractivity contribution in [1.29, 1.82) is 0 Å². The predicted molar refractivity (Wildman–Crippen MR) is 80.5 cm³/mol. The van der Waals surface area contributed by atoms with E-state index in [0.717, 1.165) is 12.5 Å². The Morgan fingerprint density at radius 1 is 1.26 bits per heavy atom. The zero-order valence-electron chi connectivity index (χ0n) is 12.1. The third kappa shape index (κ3) is 2.44. The molecule has 1 heterocycles. The highest BCUT2D eigenvalue weighted by Crippen LogP contribution is 2.43. The Balaban J connectivity index is 1.80. The summed E-state index contributed by atoms with van der Waals surface area (Å²) in [7, 11) is 2.23. The third-order valence-electron chi connectivity index (χ3n) is 5.39. The van der Waals surface area contributed by atoms with Crippen molar-refractivity contribution in [1.82, 2.24) is 4.90 Å². The molecule has 0 spiro atoms. The Hall–Kier alpha value is -0.860. The summed E-state index contributed by atoms with van der Waals surface area (Å²) in [5.41, 5.74) is 9.39. The summed E-state index contributed by atoms with van der Waals surface area (Å²) in [6.07, 6.45) is 6.50. The second kappa shape index (κ2) is 5.26. The second-order valence-corrected chi connectivity index (χ2v) is 6.54. The van der Waals surface area contributed by atoms with Gasteiger partial charge < -0.3 is 10.6 Å². The molecule has 1 aromatic rings. The van der Waals surface area contributed by atoms with Crippen LogP contribution in [0, 0.1) is 0 Å². The predicted octanol–water partition coefficient (Wildman–Crippen LogP) is 2.88. The van der Waals surface area contributed by atoms with Crippen LogP contribution in [0.1, 0.15) is 49.1 Å². The van der Waals surface area contributed by atoms with Crippen LogP contribution in [0.15, 0.2) is 24.3 Å². The average molecular weight is 258 g/mol. The number of likely N-dealkylation sites (tertiary alicyclic amines) is 1. The lowest BCUT2D eigenvalue weighted by atomic mass is 9.64. The van der Waals surface area contributed by atoms with E-state index >= 15 is 0 Å². The van der Waals surface area contributed by atoms with E-state index in [2.05, 4.69) is 36.2 Å². The highest BCUT2D eigenvalue weighted by atomic mass is 15.1. The molecule has 1 saturated heterocycles. The molecule has 1 aliphatic heterocycles. The van der Waals surface area contributed by atoms with E-state index in [1.165, 1.54) is 50.8 Å². The molecular formula is C17H26N2. The first-order chi connectivity index (χ1) is 9.23. The van der Waals surface area contributed by atoms with E-state index < -0.39 is 0 Å². The van der Waals surface area contributed by atoms with Gasteiger partial charge in [-0.15, -0.1) is 0 Å². The number of nitrogens with zero attached hydrogens (tertiary/aromatic N) is 1. The number of benzene rings is 1. The normalized spacial score (nSPS) is 24.1. The van der Waals surface area contributed by atoms with Crippen molar-refractivity contribution in [3.63, 3.8) is 0 Å². The molecule has 2 aliphatic rings. The van der Waals surface area contributed by atoms with Crippen LogP contribution in [0.25, 0.3) is 0 Å². The molecule has 1 aliphatic carbocycles. The number of rotatable bonds is 3. The summed E-state index contributed by atoms with van der Waals surface area (Å²) in [4.78, 5) is 2.44. The number of hydrogen-bond donors (Lipinski definition) is 1. The first-order valence-corrected chi connectivity index (χ1v) is 7.73. The van der Waals surface area contributed by atoms with Gasteiger partial charge in [-0.2, -0.15) is 0 Å². The monoisotopic (exact) mass is 258 g/mol. The lowest BCUT2D eigenvalue weighted by molar-refractivity contribution is 0.249. The van der Waals surface area contributed by atoms with Crippen LogP contribution >= 0.6 is 0 Å². The van der Waals surface area contributed by atoms with E-state index in [-0.39, 0.29) is 0 Å². The molecule has 1 saturated carbocycles. The van der Waals surface area contributed by atoms with Gasteiger partial charge in [0.15, 0.2) is 0 Å². The van der Waals surface area contributed by atoms with Crippen LogP contribution in [-0.4, -0.2) is 31.6 Å². The van der Waals surface area contributed by atoms with E-state index in [0.29, 0.717) is 5.41 Å². The first-order valence-electron chi connectivity index (χ1n) is 7.73. The number of piperidine rings is 1. The van der Waals surface area contributed by atoms with Crippen molar-refractivity contribution in [3.05, 3.63) is 35.4 Å². The van der Waals surface area contributed by atoms with Gasteiger partial charge in [0.05, 0.1) is 0 Å². The molecule has 2 nitrogen and oxygen atoms in total. The molecule has 0 amide bonds. The molecule has 1 aromatic carbocycles. The SMILES string of the molecule is CN1CCC(c2cccc(C3(CN)CCC3)c2)CC1. The molecule has 0 aromatic heterocycles. The van der Waals surface area contributed by atoms with Gasteiger partial charge in [0.1, 0.15) is 0 Å². The van der Waals surface area contributed by atoms with E-state index in [9.17, 15) is 0 Å². The van der Waals surface area contributed by atoms with Gasteiger partial charge in [-0.05, 0) is 62.9 Å². The van der Waals surface area contributed by atoms with E-state index in [4.69, 9.17) is 5.73 Å². The first kappa shape index (κ1) is 13.1. The Morgan fingerprint density at radius 2 is 2.00 bits per heavy atom. The standard InChI is InChI=1S/C17H26N2/c1-19-10-6-14(7-11-19)15-4-2-5-16(12-15)17(13-18)8-3-9-17/h2,4-5,12,14H,3,6-11,13,18H2,1H3. The Kier molecular flexibility index (Phi) is 3.64. The van der Waals surface area contributed by atoms with Crippen molar-refractivity contribution in [2.24, 2.45) is 5.73 Å². The van der Waals surface area contributed by atoms with Gasteiger partial charge in [-0.25, -0.2) is 0 Å². The molecule has 2 fully saturated rings. The molecule has 3 rings (SSSR count). The summed E-state index contributed by atoms with van der Waals surface area (Å²) in [6.45, 7) is 3.28. The van der Waals surface area contributed by atoms with Crippen molar-refractivity contribution in [2.45, 2.75) is 43.4 Å². The fraction of sp³-hybridized carbons (Fsp3) is 0.647. The van der Waals surface area contributed by atoms with Gasteiger partial charge in [0, 0.05) is 12.0 Å². The number of nitrogens with two attached hydrogens (primary N) is 1. The van der Waals surface area contributed by atoms with Gasteiger partial charge in [0.25, 0.3) is 0 Å². The Morgan fingerprint density at radius 3 is 2.58 bits per heavy atom. The van der Waals surface area contributed by atoms with Crippen LogP contribution in [0.3, 0.4) is 0 Å². The minimum atomic E-state index is 0.307. The highest BCUT2D eigenvalue weighted by Gasteiger charge is 2.37. The van der Waals surface area contributed by atoms with Gasteiger partial charge >= 0.3 is 0 Å². The molecule has 0 unspecified atom stereocenters. The molecule has 0 atom stereocenters. The summed E-state index contributed by atoms with van der Waals surface area (Å²) in [5.74, 6) is 0.756. The van der Waals surface area contributed by atoms with Crippen LogP contribution < -0.4 is 5.73 Å². The fourth-order valence-corrected chi connectivity index (χ4v) is 3.68. The zero-order valence-corrected chi connectivity index (χ0v) is 12.1. The lowest BCUT2D eigenvalue weighted by Gasteiger charge is -2.42. The average Bonchev–Trinajstić information content (AvgIpc) is 2.39. The third-order valence-corrected chi connectivity index (χ3v) is 5.39. The molecule has 104 valence electrons. The smallest absolute Gasteiger partial charge is 0.00756 e. The fourth-order valence-electron chi connectivity index (χ4n) is 3.68. The largest absolute Gasteiger partial charge is 0.330 e. The summed E-state index contributed by atoms with van der Waals surface area (Å²) < 4.78 is 0. The maximum absolute atomic E-state index is 6.04. The molecule has 2 N–H and O–H groups in total. The zero-order chi connectivity index (χ0) is 13.3. The summed E-state index contributed by atoms with van der Waals surface area (Å²) in [5, 5.41) is 0. The lowest BCUT2D eigenvalue weighted by Crippen LogP contribution is -2.41. The van der Waals surface area contributed by atoms with Crippen LogP contribution in [0.5, 0.6) is 0 Å². The minimum absolute atomic E-state index is 0.307. The van der Waals surface area contributed by atoms with Crippen molar-refractivity contribution in [2.75, 3.05) is 26.7 Å². The van der Waals surface area contributed by atoms with Gasteiger partial charge in [-0.1, -0.05) is 30.7 Å². The van der Waals surface area contributed by atoms with Gasteiger partial charge in [-0.3, -0.25) is 0 Å². The van der Waals surface area contributed by atoms with Crippen LogP contribution in [0.4, 0.5) is 0 Å². The van der Waals surface area contributed by atoms with E-state index in [1.54, 1.807) is 5.56 Å². The molecular weight excluding hydrogens is 232 g/mol. The molecule has 19 heavy (non-hydrogen) atoms. The highest BCUT2D eigenvalue weighted by molar-refractivity contribution is 5.34. The number of hydrogen-bond acceptors (Lipinski definition) is 2. The molecule has 2 heteroatoms. The molecule has 0 radical (unpaired) electrons. The van der Waals surface area contributed by atoms with Crippen molar-refractivity contribution >= 4 is 0 Å². The van der Waals surface area contributed by atoms with E-state index in [1.807, 2.05) is 0 Å². The molecule has 0 bridgehead atoms. The Labute approximate surface area is 117 Å². The minimum Gasteiger partial charge on any atom is -0.330 e.